The first kappa shape index (κ1) is 19.8. The minimum absolute atomic E-state index is 0.162. The van der Waals surface area contributed by atoms with Gasteiger partial charge in [-0.2, -0.15) is 0 Å². The molecule has 8 heteroatoms. The van der Waals surface area contributed by atoms with Crippen LogP contribution in [0, 0.1) is 13.8 Å². The first-order valence-corrected chi connectivity index (χ1v) is 10.1. The number of aromatic nitrogens is 1. The van der Waals surface area contributed by atoms with Gasteiger partial charge in [0.25, 0.3) is 0 Å². The fourth-order valence-electron chi connectivity index (χ4n) is 2.85. The molecule has 0 fully saturated rings. The summed E-state index contributed by atoms with van der Waals surface area (Å²) in [6.07, 6.45) is 0. The monoisotopic (exact) mass is 399 g/mol. The van der Waals surface area contributed by atoms with Crippen LogP contribution in [0.4, 0.5) is 5.88 Å². The molecule has 0 bridgehead atoms. The van der Waals surface area contributed by atoms with Crippen molar-refractivity contribution >= 4 is 21.8 Å². The first-order valence-electron chi connectivity index (χ1n) is 8.66. The number of hydrogen-bond donors (Lipinski definition) is 2. The minimum atomic E-state index is -3.74. The van der Waals surface area contributed by atoms with E-state index in [1.54, 1.807) is 32.0 Å². The number of anilines is 1. The molecular formula is C20H21N3O4S. The summed E-state index contributed by atoms with van der Waals surface area (Å²) in [5.41, 5.74) is 3.17. The van der Waals surface area contributed by atoms with E-state index in [4.69, 9.17) is 4.52 Å². The number of aryl methyl sites for hydroxylation is 2. The van der Waals surface area contributed by atoms with Crippen molar-refractivity contribution in [3.8, 4) is 11.1 Å². The van der Waals surface area contributed by atoms with E-state index >= 15 is 0 Å². The third-order valence-corrected chi connectivity index (χ3v) is 5.77. The Morgan fingerprint density at radius 3 is 2.50 bits per heavy atom. The van der Waals surface area contributed by atoms with Gasteiger partial charge in [-0.05, 0) is 36.6 Å². The third-order valence-electron chi connectivity index (χ3n) is 4.23. The molecule has 2 aromatic carbocycles. The number of benzene rings is 2. The maximum absolute atomic E-state index is 12.9. The fraction of sp³-hybridized carbons (Fsp3) is 0.200. The molecular weight excluding hydrogens is 378 g/mol. The van der Waals surface area contributed by atoms with Gasteiger partial charge >= 0.3 is 0 Å². The van der Waals surface area contributed by atoms with Gasteiger partial charge in [0.15, 0.2) is 0 Å². The number of carbonyl (C=O) groups is 1. The van der Waals surface area contributed by atoms with Crippen LogP contribution in [0.2, 0.25) is 0 Å². The van der Waals surface area contributed by atoms with Crippen LogP contribution in [0.1, 0.15) is 23.7 Å². The van der Waals surface area contributed by atoms with Crippen molar-refractivity contribution in [3.05, 3.63) is 65.4 Å². The van der Waals surface area contributed by atoms with Crippen LogP contribution in [0.5, 0.6) is 0 Å². The van der Waals surface area contributed by atoms with Crippen LogP contribution in [0.3, 0.4) is 0 Å². The zero-order chi connectivity index (χ0) is 20.3. The van der Waals surface area contributed by atoms with E-state index < -0.39 is 10.0 Å². The van der Waals surface area contributed by atoms with Crippen LogP contribution < -0.4 is 10.0 Å². The van der Waals surface area contributed by atoms with Crippen molar-refractivity contribution in [2.24, 2.45) is 0 Å². The van der Waals surface area contributed by atoms with Crippen LogP contribution in [-0.2, 0) is 21.4 Å². The quantitative estimate of drug-likeness (QED) is 0.662. The summed E-state index contributed by atoms with van der Waals surface area (Å²) in [6, 6.07) is 14.3. The van der Waals surface area contributed by atoms with Gasteiger partial charge in [0.05, 0.1) is 16.2 Å². The smallest absolute Gasteiger partial charge is 0.241 e. The molecule has 0 aliphatic rings. The number of carbonyl (C=O) groups excluding carboxylic acids is 1. The highest BCUT2D eigenvalue weighted by Gasteiger charge is 2.21. The van der Waals surface area contributed by atoms with E-state index in [0.29, 0.717) is 22.4 Å². The maximum atomic E-state index is 12.9. The summed E-state index contributed by atoms with van der Waals surface area (Å²) in [7, 11) is -3.74. The largest absolute Gasteiger partial charge is 0.337 e. The van der Waals surface area contributed by atoms with Gasteiger partial charge < -0.3 is 4.52 Å². The zero-order valence-electron chi connectivity index (χ0n) is 15.8. The van der Waals surface area contributed by atoms with E-state index in [2.05, 4.69) is 15.2 Å². The number of nitrogens with one attached hydrogen (secondary N) is 2. The van der Waals surface area contributed by atoms with Crippen molar-refractivity contribution in [3.63, 3.8) is 0 Å². The average molecular weight is 399 g/mol. The van der Waals surface area contributed by atoms with Gasteiger partial charge in [0.2, 0.25) is 21.8 Å². The molecule has 1 heterocycles. The van der Waals surface area contributed by atoms with Crippen LogP contribution >= 0.6 is 0 Å². The lowest BCUT2D eigenvalue weighted by atomic mass is 10.0. The highest BCUT2D eigenvalue weighted by molar-refractivity contribution is 7.89. The summed E-state index contributed by atoms with van der Waals surface area (Å²) < 4.78 is 33.6. The third kappa shape index (κ3) is 4.29. The Morgan fingerprint density at radius 2 is 1.82 bits per heavy atom. The van der Waals surface area contributed by atoms with E-state index in [9.17, 15) is 13.2 Å². The predicted molar refractivity (Wildman–Crippen MR) is 106 cm³/mol. The highest BCUT2D eigenvalue weighted by Crippen LogP contribution is 2.33. The van der Waals surface area contributed by atoms with E-state index in [1.165, 1.54) is 6.92 Å². The zero-order valence-corrected chi connectivity index (χ0v) is 16.6. The second-order valence-corrected chi connectivity index (χ2v) is 8.18. The van der Waals surface area contributed by atoms with E-state index in [-0.39, 0.29) is 23.2 Å². The number of amides is 1. The van der Waals surface area contributed by atoms with Crippen molar-refractivity contribution in [1.82, 2.24) is 9.88 Å². The Labute approximate surface area is 163 Å². The Hall–Kier alpha value is -2.97. The van der Waals surface area contributed by atoms with Gasteiger partial charge in [-0.3, -0.25) is 10.1 Å². The predicted octanol–water partition coefficient (Wildman–Crippen LogP) is 3.40. The van der Waals surface area contributed by atoms with Gasteiger partial charge in [0, 0.05) is 13.5 Å². The lowest BCUT2D eigenvalue weighted by Crippen LogP contribution is -2.24. The molecule has 7 nitrogen and oxygen atoms in total. The molecule has 28 heavy (non-hydrogen) atoms. The second kappa shape index (κ2) is 7.95. The van der Waals surface area contributed by atoms with Crippen molar-refractivity contribution < 1.29 is 17.7 Å². The Kier molecular flexibility index (Phi) is 5.62. The molecule has 0 aliphatic heterocycles. The van der Waals surface area contributed by atoms with Crippen molar-refractivity contribution in [2.45, 2.75) is 32.2 Å². The Morgan fingerprint density at radius 1 is 1.11 bits per heavy atom. The lowest BCUT2D eigenvalue weighted by molar-refractivity contribution is -0.114. The molecule has 2 N–H and O–H groups in total. The molecule has 146 valence electrons. The Bertz CT molecular complexity index is 1110. The Balaban J connectivity index is 1.96. The van der Waals surface area contributed by atoms with Gasteiger partial charge in [-0.1, -0.05) is 47.6 Å². The van der Waals surface area contributed by atoms with Crippen LogP contribution in [-0.4, -0.2) is 19.5 Å². The average Bonchev–Trinajstić information content (AvgIpc) is 3.01. The van der Waals surface area contributed by atoms with Gasteiger partial charge in [-0.25, -0.2) is 13.1 Å². The fourth-order valence-corrected chi connectivity index (χ4v) is 4.14. The highest BCUT2D eigenvalue weighted by atomic mass is 32.2. The maximum Gasteiger partial charge on any atom is 0.241 e. The van der Waals surface area contributed by atoms with E-state index in [0.717, 1.165) is 5.56 Å². The molecule has 0 atom stereocenters. The summed E-state index contributed by atoms with van der Waals surface area (Å²) in [4.78, 5) is 11.6. The lowest BCUT2D eigenvalue weighted by Gasteiger charge is -2.12. The van der Waals surface area contributed by atoms with Crippen molar-refractivity contribution in [2.75, 3.05) is 5.32 Å². The summed E-state index contributed by atoms with van der Waals surface area (Å²) in [6.45, 7) is 5.01. The summed E-state index contributed by atoms with van der Waals surface area (Å²) >= 11 is 0. The molecule has 3 aromatic rings. The molecule has 0 aliphatic carbocycles. The molecule has 1 amide bonds. The molecule has 1 aromatic heterocycles. The second-order valence-electron chi connectivity index (χ2n) is 6.44. The molecule has 0 radical (unpaired) electrons. The summed E-state index contributed by atoms with van der Waals surface area (Å²) in [5, 5.41) is 6.46. The van der Waals surface area contributed by atoms with E-state index in [1.807, 2.05) is 30.3 Å². The van der Waals surface area contributed by atoms with Crippen LogP contribution in [0.25, 0.3) is 11.1 Å². The van der Waals surface area contributed by atoms with Gasteiger partial charge in [0.1, 0.15) is 0 Å². The first-order chi connectivity index (χ1) is 13.3. The molecule has 0 saturated carbocycles. The SMILES string of the molecule is CC(=O)Nc1onc(C)c1-c1ccc(C)c(S(=O)(=O)NCc2ccccc2)c1. The summed E-state index contributed by atoms with van der Waals surface area (Å²) in [5.74, 6) is -0.115. The number of sulfonamides is 1. The molecule has 0 unspecified atom stereocenters. The minimum Gasteiger partial charge on any atom is -0.337 e. The number of rotatable bonds is 6. The number of hydrogen-bond acceptors (Lipinski definition) is 5. The topological polar surface area (TPSA) is 101 Å². The normalized spacial score (nSPS) is 11.4. The van der Waals surface area contributed by atoms with Crippen LogP contribution in [0.15, 0.2) is 57.9 Å². The number of nitrogens with zero attached hydrogens (tertiary/aromatic N) is 1. The van der Waals surface area contributed by atoms with Crippen molar-refractivity contribution in [1.29, 1.82) is 0 Å². The molecule has 0 saturated heterocycles. The van der Waals surface area contributed by atoms with Gasteiger partial charge in [-0.15, -0.1) is 0 Å². The molecule has 0 spiro atoms. The standard InChI is InChI=1S/C20H21N3O4S/c1-13-9-10-17(19-14(2)23-27-20(19)22-15(3)24)11-18(13)28(25,26)21-12-16-7-5-4-6-8-16/h4-11,21H,12H2,1-3H3,(H,22,24). The molecule has 3 rings (SSSR count).